The third kappa shape index (κ3) is 5.51. The lowest BCUT2D eigenvalue weighted by Crippen LogP contribution is -2.28. The van der Waals surface area contributed by atoms with Crippen molar-refractivity contribution in [2.75, 3.05) is 6.54 Å². The molecule has 0 spiro atoms. The van der Waals surface area contributed by atoms with E-state index in [0.717, 1.165) is 33.3 Å². The predicted molar refractivity (Wildman–Crippen MR) is 147 cm³/mol. The first-order chi connectivity index (χ1) is 16.8. The number of thioether (sulfide) groups is 1. The topological polar surface area (TPSA) is 41.9 Å². The van der Waals surface area contributed by atoms with Gasteiger partial charge in [-0.25, -0.2) is 4.99 Å². The average Bonchev–Trinajstić information content (AvgIpc) is 3.10. The highest BCUT2D eigenvalue weighted by Gasteiger charge is 2.32. The van der Waals surface area contributed by atoms with E-state index in [9.17, 15) is 4.79 Å². The van der Waals surface area contributed by atoms with Crippen LogP contribution in [0.15, 0.2) is 64.5 Å². The van der Waals surface area contributed by atoms with Crippen molar-refractivity contribution < 1.29 is 9.53 Å². The number of para-hydroxylation sites is 1. The van der Waals surface area contributed by atoms with Crippen LogP contribution >= 0.6 is 11.8 Å². The summed E-state index contributed by atoms with van der Waals surface area (Å²) in [6.45, 7) is 13.6. The van der Waals surface area contributed by atoms with Crippen LogP contribution in [0.3, 0.4) is 0 Å². The molecule has 0 unspecified atom stereocenters. The Labute approximate surface area is 212 Å². The van der Waals surface area contributed by atoms with Gasteiger partial charge in [-0.15, -0.1) is 0 Å². The summed E-state index contributed by atoms with van der Waals surface area (Å²) in [5.41, 5.74) is 9.09. The molecule has 0 atom stereocenters. The van der Waals surface area contributed by atoms with Crippen LogP contribution in [0.2, 0.25) is 0 Å². The van der Waals surface area contributed by atoms with E-state index in [1.54, 1.807) is 4.90 Å². The Kier molecular flexibility index (Phi) is 7.46. The number of carbonyl (C=O) groups excluding carboxylic acids is 1. The summed E-state index contributed by atoms with van der Waals surface area (Å²) in [7, 11) is 0. The van der Waals surface area contributed by atoms with Crippen LogP contribution in [-0.2, 0) is 11.4 Å². The zero-order chi connectivity index (χ0) is 25.1. The van der Waals surface area contributed by atoms with E-state index in [1.807, 2.05) is 69.3 Å². The highest BCUT2D eigenvalue weighted by atomic mass is 32.2. The maximum absolute atomic E-state index is 13.1. The molecule has 4 rings (SSSR count). The summed E-state index contributed by atoms with van der Waals surface area (Å²) in [6.07, 6.45) is 1.93. The van der Waals surface area contributed by atoms with Gasteiger partial charge in [0.05, 0.1) is 10.6 Å². The van der Waals surface area contributed by atoms with Crippen LogP contribution in [0.5, 0.6) is 5.75 Å². The van der Waals surface area contributed by atoms with Gasteiger partial charge in [-0.1, -0.05) is 48.0 Å². The standard InChI is InChI=1S/C30H32N2O2S/c1-7-32-29(33)27(35-30(32)31-28-20(3)9-8-10-21(28)4)17-24-11-13-25(14-12-24)34-18-26-22(5)15-19(2)16-23(26)6/h8-17H,7,18H2,1-6H3/b27-17+,31-30?. The summed E-state index contributed by atoms with van der Waals surface area (Å²) in [5, 5.41) is 0.727. The molecule has 0 aliphatic carbocycles. The Morgan fingerprint density at radius 2 is 1.54 bits per heavy atom. The highest BCUT2D eigenvalue weighted by molar-refractivity contribution is 8.18. The number of nitrogens with zero attached hydrogens (tertiary/aromatic N) is 2. The quantitative estimate of drug-likeness (QED) is 0.342. The van der Waals surface area contributed by atoms with Gasteiger partial charge in [0.25, 0.3) is 5.91 Å². The molecular formula is C30H32N2O2S. The van der Waals surface area contributed by atoms with Gasteiger partial charge in [0.15, 0.2) is 5.17 Å². The lowest BCUT2D eigenvalue weighted by molar-refractivity contribution is -0.122. The van der Waals surface area contributed by atoms with E-state index in [2.05, 4.69) is 32.9 Å². The van der Waals surface area contributed by atoms with Crippen LogP contribution in [0, 0.1) is 34.6 Å². The lowest BCUT2D eigenvalue weighted by Gasteiger charge is -2.13. The molecule has 1 aliphatic heterocycles. The van der Waals surface area contributed by atoms with Gasteiger partial charge in [0.1, 0.15) is 12.4 Å². The van der Waals surface area contributed by atoms with Gasteiger partial charge in [-0.2, -0.15) is 0 Å². The van der Waals surface area contributed by atoms with Crippen molar-refractivity contribution in [2.24, 2.45) is 4.99 Å². The minimum atomic E-state index is -0.00636. The van der Waals surface area contributed by atoms with Gasteiger partial charge < -0.3 is 4.74 Å². The summed E-state index contributed by atoms with van der Waals surface area (Å²) in [4.78, 5) is 20.3. The Morgan fingerprint density at radius 3 is 2.14 bits per heavy atom. The smallest absolute Gasteiger partial charge is 0.266 e. The van der Waals surface area contributed by atoms with Crippen molar-refractivity contribution >= 4 is 34.6 Å². The third-order valence-corrected chi connectivity index (χ3v) is 7.26. The van der Waals surface area contributed by atoms with Gasteiger partial charge in [-0.3, -0.25) is 9.69 Å². The van der Waals surface area contributed by atoms with Crippen molar-refractivity contribution in [1.82, 2.24) is 4.90 Å². The zero-order valence-corrected chi connectivity index (χ0v) is 22.1. The fourth-order valence-electron chi connectivity index (χ4n) is 4.35. The molecule has 180 valence electrons. The Morgan fingerprint density at radius 1 is 0.914 bits per heavy atom. The zero-order valence-electron chi connectivity index (χ0n) is 21.3. The third-order valence-electron chi connectivity index (χ3n) is 6.25. The fraction of sp³-hybridized carbons (Fsp3) is 0.267. The maximum Gasteiger partial charge on any atom is 0.266 e. The van der Waals surface area contributed by atoms with Gasteiger partial charge in [-0.05, 0) is 105 Å². The second kappa shape index (κ2) is 10.5. The molecule has 35 heavy (non-hydrogen) atoms. The lowest BCUT2D eigenvalue weighted by atomic mass is 10.0. The first-order valence-electron chi connectivity index (χ1n) is 11.9. The number of amides is 1. The molecule has 5 heteroatoms. The highest BCUT2D eigenvalue weighted by Crippen LogP contribution is 2.35. The molecule has 1 aliphatic rings. The van der Waals surface area contributed by atoms with E-state index in [4.69, 9.17) is 9.73 Å². The summed E-state index contributed by atoms with van der Waals surface area (Å²) >= 11 is 1.43. The van der Waals surface area contributed by atoms with Gasteiger partial charge in [0, 0.05) is 6.54 Å². The number of benzene rings is 3. The average molecular weight is 485 g/mol. The van der Waals surface area contributed by atoms with E-state index in [0.29, 0.717) is 18.1 Å². The Hall–Kier alpha value is -3.31. The minimum Gasteiger partial charge on any atom is -0.489 e. The van der Waals surface area contributed by atoms with Crippen LogP contribution < -0.4 is 4.74 Å². The van der Waals surface area contributed by atoms with Crippen LogP contribution in [0.1, 0.15) is 45.9 Å². The SMILES string of the molecule is CCN1C(=O)/C(=C\c2ccc(OCc3c(C)cc(C)cc3C)cc2)SC1=Nc1c(C)cccc1C. The number of aliphatic imine (C=N–C) groups is 1. The van der Waals surface area contributed by atoms with E-state index < -0.39 is 0 Å². The normalized spacial score (nSPS) is 15.9. The Bertz CT molecular complexity index is 1280. The Balaban J connectivity index is 1.51. The number of amidine groups is 1. The van der Waals surface area contributed by atoms with Crippen molar-refractivity contribution in [1.29, 1.82) is 0 Å². The number of carbonyl (C=O) groups is 1. The molecule has 1 heterocycles. The van der Waals surface area contributed by atoms with E-state index in [1.165, 1.54) is 34.0 Å². The van der Waals surface area contributed by atoms with E-state index >= 15 is 0 Å². The van der Waals surface area contributed by atoms with Gasteiger partial charge >= 0.3 is 0 Å². The van der Waals surface area contributed by atoms with Crippen molar-refractivity contribution in [3.8, 4) is 5.75 Å². The molecule has 0 bridgehead atoms. The monoisotopic (exact) mass is 484 g/mol. The second-order valence-corrected chi connectivity index (χ2v) is 10.0. The number of ether oxygens (including phenoxy) is 1. The molecule has 0 N–H and O–H groups in total. The summed E-state index contributed by atoms with van der Waals surface area (Å²) < 4.78 is 6.06. The van der Waals surface area contributed by atoms with Crippen LogP contribution in [-0.4, -0.2) is 22.5 Å². The molecule has 1 saturated heterocycles. The van der Waals surface area contributed by atoms with Crippen LogP contribution in [0.4, 0.5) is 5.69 Å². The van der Waals surface area contributed by atoms with Crippen molar-refractivity contribution in [3.05, 3.63) is 98.4 Å². The molecular weight excluding hydrogens is 452 g/mol. The largest absolute Gasteiger partial charge is 0.489 e. The number of hydrogen-bond acceptors (Lipinski definition) is 4. The second-order valence-electron chi connectivity index (χ2n) is 9.03. The molecule has 0 radical (unpaired) electrons. The molecule has 4 nitrogen and oxygen atoms in total. The summed E-state index contributed by atoms with van der Waals surface area (Å²) in [5.74, 6) is 0.803. The molecule has 1 fully saturated rings. The molecule has 3 aromatic rings. The molecule has 0 saturated carbocycles. The van der Waals surface area contributed by atoms with Gasteiger partial charge in [0.2, 0.25) is 0 Å². The first kappa shape index (κ1) is 24.8. The van der Waals surface area contributed by atoms with E-state index in [-0.39, 0.29) is 5.91 Å². The molecule has 1 amide bonds. The number of aryl methyl sites for hydroxylation is 5. The maximum atomic E-state index is 13.1. The minimum absolute atomic E-state index is 0.00636. The van der Waals surface area contributed by atoms with Crippen molar-refractivity contribution in [2.45, 2.75) is 48.1 Å². The summed E-state index contributed by atoms with van der Waals surface area (Å²) in [6, 6.07) is 18.4. The van der Waals surface area contributed by atoms with Crippen molar-refractivity contribution in [3.63, 3.8) is 0 Å². The number of hydrogen-bond donors (Lipinski definition) is 0. The first-order valence-corrected chi connectivity index (χ1v) is 12.7. The van der Waals surface area contributed by atoms with Crippen LogP contribution in [0.25, 0.3) is 6.08 Å². The fourth-order valence-corrected chi connectivity index (χ4v) is 5.40. The molecule has 3 aromatic carbocycles. The number of likely N-dealkylation sites (N-methyl/N-ethyl adjacent to an activating group) is 1. The predicted octanol–water partition coefficient (Wildman–Crippen LogP) is 7.43. The number of rotatable bonds is 6. The molecule has 0 aromatic heterocycles.